The van der Waals surface area contributed by atoms with Gasteiger partial charge in [-0.15, -0.1) is 0 Å². The molecule has 0 bridgehead atoms. The molecule has 2 unspecified atom stereocenters. The zero-order chi connectivity index (χ0) is 17.9. The Bertz CT molecular complexity index is 584. The van der Waals surface area contributed by atoms with Gasteiger partial charge in [0, 0.05) is 29.9 Å². The van der Waals surface area contributed by atoms with Crippen LogP contribution >= 0.6 is 11.9 Å². The summed E-state index contributed by atoms with van der Waals surface area (Å²) in [5, 5.41) is 13.5. The van der Waals surface area contributed by atoms with Crippen molar-refractivity contribution in [2.75, 3.05) is 13.1 Å². The number of benzene rings is 1. The number of amides is 1. The number of rotatable bonds is 5. The highest BCUT2D eigenvalue weighted by molar-refractivity contribution is 7.97. The van der Waals surface area contributed by atoms with E-state index in [1.54, 1.807) is 11.9 Å². The maximum atomic E-state index is 12.5. The van der Waals surface area contributed by atoms with Crippen LogP contribution in [-0.2, 0) is 4.79 Å². The maximum Gasteiger partial charge on any atom is 0.223 e. The molecule has 1 aliphatic carbocycles. The molecule has 1 aliphatic heterocycles. The molecule has 5 heteroatoms. The SMILES string of the molecule is CCC1(O)CCC(NC(=O)C2CCN(Sc3ccc(C)cc3)CC2)C1. The molecule has 138 valence electrons. The van der Waals surface area contributed by atoms with Crippen molar-refractivity contribution < 1.29 is 9.90 Å². The Morgan fingerprint density at radius 2 is 1.96 bits per heavy atom. The molecule has 1 heterocycles. The maximum absolute atomic E-state index is 12.5. The molecule has 1 saturated carbocycles. The summed E-state index contributed by atoms with van der Waals surface area (Å²) in [5.41, 5.74) is 0.716. The van der Waals surface area contributed by atoms with Gasteiger partial charge in [-0.25, -0.2) is 4.31 Å². The number of aliphatic hydroxyl groups is 1. The Kier molecular flexibility index (Phi) is 6.08. The Labute approximate surface area is 155 Å². The number of aryl methyl sites for hydroxylation is 1. The number of carbonyl (C=O) groups is 1. The number of carbonyl (C=O) groups excluding carboxylic acids is 1. The minimum Gasteiger partial charge on any atom is -0.390 e. The fraction of sp³-hybridized carbons (Fsp3) is 0.650. The lowest BCUT2D eigenvalue weighted by molar-refractivity contribution is -0.126. The first-order chi connectivity index (χ1) is 12.0. The van der Waals surface area contributed by atoms with Crippen molar-refractivity contribution in [1.82, 2.24) is 9.62 Å². The molecule has 0 aromatic heterocycles. The molecule has 2 atom stereocenters. The molecule has 0 radical (unpaired) electrons. The third-order valence-corrected chi connectivity index (χ3v) is 6.78. The Hall–Kier alpha value is -1.04. The van der Waals surface area contributed by atoms with Gasteiger partial charge in [0.15, 0.2) is 0 Å². The third kappa shape index (κ3) is 4.99. The highest BCUT2D eigenvalue weighted by atomic mass is 32.2. The van der Waals surface area contributed by atoms with Crippen LogP contribution in [0.3, 0.4) is 0 Å². The van der Waals surface area contributed by atoms with E-state index >= 15 is 0 Å². The smallest absolute Gasteiger partial charge is 0.223 e. The van der Waals surface area contributed by atoms with Crippen molar-refractivity contribution in [1.29, 1.82) is 0 Å². The van der Waals surface area contributed by atoms with Gasteiger partial charge in [0.2, 0.25) is 5.91 Å². The predicted octanol–water partition coefficient (Wildman–Crippen LogP) is 3.52. The third-order valence-electron chi connectivity index (χ3n) is 5.67. The molecule has 1 aromatic rings. The molecule has 25 heavy (non-hydrogen) atoms. The lowest BCUT2D eigenvalue weighted by atomic mass is 9.96. The average molecular weight is 363 g/mol. The van der Waals surface area contributed by atoms with Gasteiger partial charge < -0.3 is 10.4 Å². The van der Waals surface area contributed by atoms with Crippen molar-refractivity contribution in [2.45, 2.75) is 68.9 Å². The molecule has 0 spiro atoms. The van der Waals surface area contributed by atoms with Crippen LogP contribution in [0.25, 0.3) is 0 Å². The molecule has 2 N–H and O–H groups in total. The standard InChI is InChI=1S/C20H30N2O2S/c1-3-20(24)11-8-17(14-20)21-19(23)16-9-12-22(13-10-16)25-18-6-4-15(2)5-7-18/h4-7,16-17,24H,3,8-14H2,1-2H3,(H,21,23). The molecule has 4 nitrogen and oxygen atoms in total. The van der Waals surface area contributed by atoms with Crippen molar-refractivity contribution in [3.63, 3.8) is 0 Å². The van der Waals surface area contributed by atoms with Crippen molar-refractivity contribution >= 4 is 17.9 Å². The van der Waals surface area contributed by atoms with E-state index in [2.05, 4.69) is 40.8 Å². The zero-order valence-electron chi connectivity index (χ0n) is 15.3. The summed E-state index contributed by atoms with van der Waals surface area (Å²) in [4.78, 5) is 13.8. The second kappa shape index (κ2) is 8.11. The average Bonchev–Trinajstić information content (AvgIpc) is 2.99. The minimum atomic E-state index is -0.564. The number of hydrogen-bond donors (Lipinski definition) is 2. The van der Waals surface area contributed by atoms with Crippen LogP contribution in [0.5, 0.6) is 0 Å². The Morgan fingerprint density at radius 3 is 2.56 bits per heavy atom. The predicted molar refractivity (Wildman–Crippen MR) is 102 cm³/mol. The molecule has 1 aromatic carbocycles. The summed E-state index contributed by atoms with van der Waals surface area (Å²) in [7, 11) is 0. The lowest BCUT2D eigenvalue weighted by Gasteiger charge is -2.31. The van der Waals surface area contributed by atoms with E-state index in [9.17, 15) is 9.90 Å². The molecule has 1 amide bonds. The van der Waals surface area contributed by atoms with Gasteiger partial charge in [0.1, 0.15) is 0 Å². The largest absolute Gasteiger partial charge is 0.390 e. The summed E-state index contributed by atoms with van der Waals surface area (Å²) < 4.78 is 2.36. The monoisotopic (exact) mass is 362 g/mol. The van der Waals surface area contributed by atoms with E-state index in [0.29, 0.717) is 6.42 Å². The number of nitrogens with zero attached hydrogens (tertiary/aromatic N) is 1. The second-order valence-corrected chi connectivity index (χ2v) is 8.80. The second-order valence-electron chi connectivity index (χ2n) is 7.63. The van der Waals surface area contributed by atoms with Crippen molar-refractivity contribution in [3.05, 3.63) is 29.8 Å². The summed E-state index contributed by atoms with van der Waals surface area (Å²) in [6, 6.07) is 8.75. The van der Waals surface area contributed by atoms with Gasteiger partial charge >= 0.3 is 0 Å². The summed E-state index contributed by atoms with van der Waals surface area (Å²) >= 11 is 1.79. The molecular weight excluding hydrogens is 332 g/mol. The van der Waals surface area contributed by atoms with Gasteiger partial charge in [-0.1, -0.05) is 24.6 Å². The highest BCUT2D eigenvalue weighted by Gasteiger charge is 2.37. The van der Waals surface area contributed by atoms with Crippen LogP contribution in [-0.4, -0.2) is 40.1 Å². The Balaban J connectivity index is 1.42. The van der Waals surface area contributed by atoms with Crippen LogP contribution in [0.1, 0.15) is 51.0 Å². The normalized spacial score (nSPS) is 28.2. The van der Waals surface area contributed by atoms with Gasteiger partial charge in [0.05, 0.1) is 5.60 Å². The highest BCUT2D eigenvalue weighted by Crippen LogP contribution is 2.33. The van der Waals surface area contributed by atoms with Gasteiger partial charge in [0.25, 0.3) is 0 Å². The quantitative estimate of drug-likeness (QED) is 0.787. The molecule has 2 aliphatic rings. The van der Waals surface area contributed by atoms with Gasteiger partial charge in [-0.2, -0.15) is 0 Å². The lowest BCUT2D eigenvalue weighted by Crippen LogP contribution is -2.42. The first-order valence-electron chi connectivity index (χ1n) is 9.50. The van der Waals surface area contributed by atoms with E-state index in [1.165, 1.54) is 10.5 Å². The van der Waals surface area contributed by atoms with E-state index in [-0.39, 0.29) is 17.9 Å². The number of hydrogen-bond acceptors (Lipinski definition) is 4. The fourth-order valence-corrected chi connectivity index (χ4v) is 4.78. The minimum absolute atomic E-state index is 0.116. The van der Waals surface area contributed by atoms with E-state index in [0.717, 1.165) is 45.2 Å². The van der Waals surface area contributed by atoms with Gasteiger partial charge in [-0.3, -0.25) is 4.79 Å². The van der Waals surface area contributed by atoms with Crippen LogP contribution in [0.4, 0.5) is 0 Å². The molecular formula is C20H30N2O2S. The van der Waals surface area contributed by atoms with Crippen molar-refractivity contribution in [2.24, 2.45) is 5.92 Å². The fourth-order valence-electron chi connectivity index (χ4n) is 3.83. The van der Waals surface area contributed by atoms with Crippen LogP contribution in [0.2, 0.25) is 0 Å². The van der Waals surface area contributed by atoms with E-state index in [1.807, 2.05) is 6.92 Å². The molecule has 3 rings (SSSR count). The Morgan fingerprint density at radius 1 is 1.28 bits per heavy atom. The molecule has 1 saturated heterocycles. The summed E-state index contributed by atoms with van der Waals surface area (Å²) in [5.74, 6) is 0.301. The number of nitrogens with one attached hydrogen (secondary N) is 1. The first-order valence-corrected chi connectivity index (χ1v) is 10.3. The summed E-state index contributed by atoms with van der Waals surface area (Å²) in [6.45, 7) is 6.01. The van der Waals surface area contributed by atoms with E-state index in [4.69, 9.17) is 0 Å². The number of piperidine rings is 1. The van der Waals surface area contributed by atoms with Crippen LogP contribution < -0.4 is 5.32 Å². The van der Waals surface area contributed by atoms with Crippen LogP contribution in [0.15, 0.2) is 29.2 Å². The first kappa shape index (κ1) is 18.7. The zero-order valence-corrected chi connectivity index (χ0v) is 16.1. The van der Waals surface area contributed by atoms with Crippen LogP contribution in [0, 0.1) is 12.8 Å². The summed E-state index contributed by atoms with van der Waals surface area (Å²) in [6.07, 6.45) is 5.01. The van der Waals surface area contributed by atoms with E-state index < -0.39 is 5.60 Å². The van der Waals surface area contributed by atoms with Gasteiger partial charge in [-0.05, 0) is 69.5 Å². The molecule has 2 fully saturated rings. The topological polar surface area (TPSA) is 52.6 Å². The van der Waals surface area contributed by atoms with Crippen molar-refractivity contribution in [3.8, 4) is 0 Å².